The average Bonchev–Trinajstić information content (AvgIpc) is 2.73. The highest BCUT2D eigenvalue weighted by Gasteiger charge is 2.54. The highest BCUT2D eigenvalue weighted by molar-refractivity contribution is 5.27. The lowest BCUT2D eigenvalue weighted by Crippen LogP contribution is -2.34. The molecule has 1 aromatic rings. The van der Waals surface area contributed by atoms with Gasteiger partial charge in [-0.25, -0.2) is 0 Å². The summed E-state index contributed by atoms with van der Waals surface area (Å²) in [4.78, 5) is 0. The van der Waals surface area contributed by atoms with Crippen molar-refractivity contribution in [3.8, 4) is 0 Å². The maximum atomic E-state index is 10.6. The molecule has 0 bridgehead atoms. The van der Waals surface area contributed by atoms with Crippen LogP contribution in [-0.2, 0) is 12.6 Å². The third-order valence-electron chi connectivity index (χ3n) is 3.76. The van der Waals surface area contributed by atoms with Crippen molar-refractivity contribution in [3.05, 3.63) is 17.5 Å². The van der Waals surface area contributed by atoms with Gasteiger partial charge in [-0.2, -0.15) is 5.10 Å². The number of aryl methyl sites for hydroxylation is 2. The van der Waals surface area contributed by atoms with Gasteiger partial charge in [0.25, 0.3) is 0 Å². The SMILES string of the molecule is Cc1cnn(C)c1C(C)(O)C1(C)CC1. The van der Waals surface area contributed by atoms with E-state index in [-0.39, 0.29) is 5.41 Å². The topological polar surface area (TPSA) is 38.0 Å². The van der Waals surface area contributed by atoms with Gasteiger partial charge in [0.2, 0.25) is 0 Å². The minimum atomic E-state index is -0.748. The zero-order valence-electron chi connectivity index (χ0n) is 9.33. The van der Waals surface area contributed by atoms with Crippen molar-refractivity contribution in [2.45, 2.75) is 39.2 Å². The Kier molecular flexibility index (Phi) is 1.80. The molecule has 1 aliphatic carbocycles. The lowest BCUT2D eigenvalue weighted by Gasteiger charge is -2.31. The van der Waals surface area contributed by atoms with E-state index in [1.54, 1.807) is 4.68 Å². The number of nitrogens with zero attached hydrogens (tertiary/aromatic N) is 2. The molecule has 1 heterocycles. The van der Waals surface area contributed by atoms with Crippen LogP contribution in [0.2, 0.25) is 0 Å². The van der Waals surface area contributed by atoms with Crippen molar-refractivity contribution < 1.29 is 5.11 Å². The van der Waals surface area contributed by atoms with Gasteiger partial charge in [0, 0.05) is 12.5 Å². The molecule has 0 amide bonds. The lowest BCUT2D eigenvalue weighted by molar-refractivity contribution is -0.0204. The minimum absolute atomic E-state index is 0.0472. The molecule has 3 heteroatoms. The summed E-state index contributed by atoms with van der Waals surface area (Å²) < 4.78 is 1.79. The van der Waals surface area contributed by atoms with Gasteiger partial charge in [-0.1, -0.05) is 6.92 Å². The van der Waals surface area contributed by atoms with Crippen molar-refractivity contribution in [1.29, 1.82) is 0 Å². The van der Waals surface area contributed by atoms with Crippen LogP contribution < -0.4 is 0 Å². The van der Waals surface area contributed by atoms with E-state index in [1.165, 1.54) is 0 Å². The summed E-state index contributed by atoms with van der Waals surface area (Å²) in [6, 6.07) is 0. The van der Waals surface area contributed by atoms with E-state index in [0.717, 1.165) is 24.1 Å². The Morgan fingerprint density at radius 3 is 2.50 bits per heavy atom. The molecule has 0 aliphatic heterocycles. The molecule has 1 aromatic heterocycles. The number of hydrogen-bond donors (Lipinski definition) is 1. The zero-order valence-corrected chi connectivity index (χ0v) is 9.33. The van der Waals surface area contributed by atoms with Crippen molar-refractivity contribution >= 4 is 0 Å². The molecular weight excluding hydrogens is 176 g/mol. The third-order valence-corrected chi connectivity index (χ3v) is 3.76. The third kappa shape index (κ3) is 1.12. The first-order valence-corrected chi connectivity index (χ1v) is 5.10. The second kappa shape index (κ2) is 2.60. The fraction of sp³-hybridized carbons (Fsp3) is 0.727. The molecule has 1 fully saturated rings. The predicted octanol–water partition coefficient (Wildman–Crippen LogP) is 1.74. The highest BCUT2D eigenvalue weighted by atomic mass is 16.3. The molecule has 0 aromatic carbocycles. The first kappa shape index (κ1) is 9.71. The van der Waals surface area contributed by atoms with Crippen LogP contribution in [0.3, 0.4) is 0 Å². The van der Waals surface area contributed by atoms with E-state index in [1.807, 2.05) is 27.1 Å². The van der Waals surface area contributed by atoms with E-state index >= 15 is 0 Å². The van der Waals surface area contributed by atoms with Gasteiger partial charge in [0.15, 0.2) is 0 Å². The standard InChI is InChI=1S/C11H18N2O/c1-8-7-12-13(4)9(8)11(3,14)10(2)5-6-10/h7,14H,5-6H2,1-4H3. The average molecular weight is 194 g/mol. The van der Waals surface area contributed by atoms with Gasteiger partial charge in [0.1, 0.15) is 5.60 Å². The molecule has 1 atom stereocenters. The Bertz CT molecular complexity index is 342. The van der Waals surface area contributed by atoms with Gasteiger partial charge in [-0.15, -0.1) is 0 Å². The second-order valence-corrected chi connectivity index (χ2v) is 4.93. The van der Waals surface area contributed by atoms with Crippen molar-refractivity contribution in [2.75, 3.05) is 0 Å². The van der Waals surface area contributed by atoms with E-state index < -0.39 is 5.60 Å². The summed E-state index contributed by atoms with van der Waals surface area (Å²) in [5, 5.41) is 14.8. The number of hydrogen-bond acceptors (Lipinski definition) is 2. The van der Waals surface area contributed by atoms with Gasteiger partial charge >= 0.3 is 0 Å². The Morgan fingerprint density at radius 2 is 2.14 bits per heavy atom. The highest BCUT2D eigenvalue weighted by Crippen LogP contribution is 2.58. The number of rotatable bonds is 2. The van der Waals surface area contributed by atoms with Crippen LogP contribution in [0.4, 0.5) is 0 Å². The molecule has 1 saturated carbocycles. The van der Waals surface area contributed by atoms with Gasteiger partial charge < -0.3 is 5.11 Å². The van der Waals surface area contributed by atoms with Crippen LogP contribution in [0.15, 0.2) is 6.20 Å². The van der Waals surface area contributed by atoms with E-state index in [0.29, 0.717) is 0 Å². The smallest absolute Gasteiger partial charge is 0.109 e. The molecule has 14 heavy (non-hydrogen) atoms. The number of aromatic nitrogens is 2. The van der Waals surface area contributed by atoms with Gasteiger partial charge in [0.05, 0.1) is 11.9 Å². The molecule has 78 valence electrons. The maximum absolute atomic E-state index is 10.6. The van der Waals surface area contributed by atoms with Crippen LogP contribution in [0, 0.1) is 12.3 Å². The van der Waals surface area contributed by atoms with Crippen molar-refractivity contribution in [1.82, 2.24) is 9.78 Å². The fourth-order valence-electron chi connectivity index (χ4n) is 2.21. The summed E-state index contributed by atoms with van der Waals surface area (Å²) in [5.74, 6) is 0. The summed E-state index contributed by atoms with van der Waals surface area (Å²) in [5.41, 5.74) is 1.33. The first-order chi connectivity index (χ1) is 6.38. The quantitative estimate of drug-likeness (QED) is 0.778. The predicted molar refractivity (Wildman–Crippen MR) is 54.9 cm³/mol. The fourth-order valence-corrected chi connectivity index (χ4v) is 2.21. The molecule has 0 spiro atoms. The molecule has 0 radical (unpaired) electrons. The first-order valence-electron chi connectivity index (χ1n) is 5.10. The molecule has 1 N–H and O–H groups in total. The van der Waals surface area contributed by atoms with Crippen LogP contribution >= 0.6 is 0 Å². The van der Waals surface area contributed by atoms with Gasteiger partial charge in [-0.05, 0) is 32.3 Å². The van der Waals surface area contributed by atoms with Crippen molar-refractivity contribution in [3.63, 3.8) is 0 Å². The largest absolute Gasteiger partial charge is 0.383 e. The van der Waals surface area contributed by atoms with Crippen molar-refractivity contribution in [2.24, 2.45) is 12.5 Å². The lowest BCUT2D eigenvalue weighted by atomic mass is 9.83. The summed E-state index contributed by atoms with van der Waals surface area (Å²) in [7, 11) is 1.89. The van der Waals surface area contributed by atoms with Gasteiger partial charge in [-0.3, -0.25) is 4.68 Å². The Hall–Kier alpha value is -0.830. The summed E-state index contributed by atoms with van der Waals surface area (Å²) in [6.07, 6.45) is 4.02. The molecule has 3 nitrogen and oxygen atoms in total. The molecule has 1 aliphatic rings. The Balaban J connectivity index is 2.48. The normalized spacial score (nSPS) is 23.2. The molecule has 1 unspecified atom stereocenters. The molecule has 0 saturated heterocycles. The summed E-state index contributed by atoms with van der Waals surface area (Å²) in [6.45, 7) is 6.05. The van der Waals surface area contributed by atoms with Crippen LogP contribution in [0.1, 0.15) is 37.9 Å². The Labute approximate surface area is 84.7 Å². The number of aliphatic hydroxyl groups is 1. The van der Waals surface area contributed by atoms with Crippen LogP contribution in [0.25, 0.3) is 0 Å². The molecule has 2 rings (SSSR count). The van der Waals surface area contributed by atoms with Crippen LogP contribution in [-0.4, -0.2) is 14.9 Å². The van der Waals surface area contributed by atoms with E-state index in [2.05, 4.69) is 12.0 Å². The Morgan fingerprint density at radius 1 is 1.57 bits per heavy atom. The second-order valence-electron chi connectivity index (χ2n) is 4.93. The molecular formula is C11H18N2O. The van der Waals surface area contributed by atoms with Crippen LogP contribution in [0.5, 0.6) is 0 Å². The summed E-state index contributed by atoms with van der Waals surface area (Å²) >= 11 is 0. The minimum Gasteiger partial charge on any atom is -0.383 e. The van der Waals surface area contributed by atoms with E-state index in [4.69, 9.17) is 0 Å². The maximum Gasteiger partial charge on any atom is 0.109 e. The zero-order chi connectivity index (χ0) is 10.6. The monoisotopic (exact) mass is 194 g/mol. The van der Waals surface area contributed by atoms with E-state index in [9.17, 15) is 5.11 Å².